The van der Waals surface area contributed by atoms with Crippen LogP contribution in [-0.2, 0) is 19.7 Å². The number of nitrogens with zero attached hydrogens (tertiary/aromatic N) is 6. The number of pyridine rings is 2. The highest BCUT2D eigenvalue weighted by atomic mass is 35.5. The number of nitrogens with one attached hydrogen (secondary N) is 2. The van der Waals surface area contributed by atoms with Gasteiger partial charge < -0.3 is 28.8 Å². The second kappa shape index (κ2) is 20.6. The normalized spacial score (nSPS) is 10.8. The van der Waals surface area contributed by atoms with Gasteiger partial charge in [0.25, 0.3) is 22.2 Å². The fraction of sp³-hybridized carbons (Fsp3) is 0.0682. The summed E-state index contributed by atoms with van der Waals surface area (Å²) in [5.74, 6) is -0.874. The standard InChI is InChI=1S/C22H14Cl2N4O6.C22H16Cl2N4O5/c23-15-8-13(28-22(33)25-20(30)18(26-28)21(31)32)9-16(24)19(15)34-14-6-7-17(29)27(11-14)10-12-4-2-1-3-5-12;23-16-8-14(28-22(32)25-21(31)18(12-29)26-28)9-17(24)20(16)33-15-6-7-19(30)27(11-15)10-13-4-2-1-3-5-13/h1-9,11H,10H2,(H,31,32)(H,25,30,33);1-9,11,29H,10,12H2,(H,25,31,32). The largest absolute Gasteiger partial charge is 0.476 e. The molecule has 4 heterocycles. The van der Waals surface area contributed by atoms with Gasteiger partial charge in [-0.05, 0) is 47.5 Å². The predicted octanol–water partition coefficient (Wildman–Crippen LogP) is 5.65. The highest BCUT2D eigenvalue weighted by Crippen LogP contribution is 2.39. The molecule has 0 aliphatic rings. The fourth-order valence-electron chi connectivity index (χ4n) is 6.14. The third kappa shape index (κ3) is 11.2. The minimum Gasteiger partial charge on any atom is -0.476 e. The van der Waals surface area contributed by atoms with Gasteiger partial charge in [0.1, 0.15) is 11.5 Å². The van der Waals surface area contributed by atoms with Gasteiger partial charge in [-0.25, -0.2) is 14.4 Å². The number of carbonyl (C=O) groups is 1. The zero-order valence-corrected chi connectivity index (χ0v) is 37.0. The SMILES string of the molecule is O=C(O)c1nn(-c2cc(Cl)c(Oc3ccc(=O)n(Cc4ccccc4)c3)c(Cl)c2)c(=O)[nH]c1=O.O=c1[nH]c(=O)n(-c2cc(Cl)c(Oc3ccc(=O)n(Cc4ccccc4)c3)c(Cl)c2)nc1CO. The maximum Gasteiger partial charge on any atom is 0.362 e. The van der Waals surface area contributed by atoms with E-state index in [1.54, 1.807) is 0 Å². The number of rotatable bonds is 12. The monoisotopic (exact) mass is 986 g/mol. The number of aromatic carboxylic acids is 1. The quantitative estimate of drug-likeness (QED) is 0.116. The van der Waals surface area contributed by atoms with Gasteiger partial charge in [0.15, 0.2) is 17.2 Å². The summed E-state index contributed by atoms with van der Waals surface area (Å²) in [5, 5.41) is 25.8. The number of benzene rings is 4. The molecule has 0 saturated heterocycles. The Balaban J connectivity index is 0.000000199. The van der Waals surface area contributed by atoms with Gasteiger partial charge in [-0.15, -0.1) is 0 Å². The molecule has 340 valence electrons. The first kappa shape index (κ1) is 47.2. The number of hydrogen-bond acceptors (Lipinski definition) is 12. The van der Waals surface area contributed by atoms with Crippen molar-refractivity contribution in [2.45, 2.75) is 19.7 Å². The van der Waals surface area contributed by atoms with E-state index in [0.717, 1.165) is 15.8 Å². The van der Waals surface area contributed by atoms with E-state index in [9.17, 15) is 38.7 Å². The molecular formula is C44H30Cl4N8O11. The Labute approximate surface area is 394 Å². The third-order valence-electron chi connectivity index (χ3n) is 9.28. The van der Waals surface area contributed by atoms with Gasteiger partial charge in [0.2, 0.25) is 5.69 Å². The smallest absolute Gasteiger partial charge is 0.362 e. The van der Waals surface area contributed by atoms with E-state index >= 15 is 0 Å². The molecule has 0 bridgehead atoms. The first-order chi connectivity index (χ1) is 32.1. The molecule has 0 saturated carbocycles. The molecule has 0 radical (unpaired) electrons. The van der Waals surface area contributed by atoms with Crippen molar-refractivity contribution in [3.63, 3.8) is 0 Å². The van der Waals surface area contributed by atoms with E-state index in [1.165, 1.54) is 70.1 Å². The summed E-state index contributed by atoms with van der Waals surface area (Å²) in [7, 11) is 0. The molecule has 0 spiro atoms. The summed E-state index contributed by atoms with van der Waals surface area (Å²) in [6.45, 7) is 0.0200. The van der Waals surface area contributed by atoms with Crippen LogP contribution in [0, 0.1) is 0 Å². The third-order valence-corrected chi connectivity index (χ3v) is 10.4. The number of carboxylic acids is 1. The Bertz CT molecular complexity index is 3490. The number of ether oxygens (including phenoxy) is 2. The number of carboxylic acid groups (broad SMARTS) is 1. The first-order valence-corrected chi connectivity index (χ1v) is 20.7. The lowest BCUT2D eigenvalue weighted by Crippen LogP contribution is -2.35. The molecule has 4 N–H and O–H groups in total. The molecule has 8 rings (SSSR count). The molecule has 4 aromatic carbocycles. The summed E-state index contributed by atoms with van der Waals surface area (Å²) in [5.41, 5.74) is -3.30. The highest BCUT2D eigenvalue weighted by molar-refractivity contribution is 6.38. The predicted molar refractivity (Wildman–Crippen MR) is 246 cm³/mol. The Morgan fingerprint density at radius 2 is 0.970 bits per heavy atom. The molecule has 8 aromatic rings. The van der Waals surface area contributed by atoms with Crippen LogP contribution < -0.4 is 43.1 Å². The first-order valence-electron chi connectivity index (χ1n) is 19.2. The van der Waals surface area contributed by atoms with Gasteiger partial charge in [0, 0.05) is 12.1 Å². The Kier molecular flexibility index (Phi) is 14.5. The topological polar surface area (TPSA) is 255 Å². The molecular weight excluding hydrogens is 958 g/mol. The van der Waals surface area contributed by atoms with Crippen molar-refractivity contribution in [1.82, 2.24) is 38.7 Å². The zero-order chi connectivity index (χ0) is 47.9. The van der Waals surface area contributed by atoms with Crippen molar-refractivity contribution in [3.8, 4) is 34.4 Å². The van der Waals surface area contributed by atoms with Gasteiger partial charge in [-0.2, -0.15) is 19.6 Å². The van der Waals surface area contributed by atoms with Crippen molar-refractivity contribution >= 4 is 52.4 Å². The second-order valence-electron chi connectivity index (χ2n) is 13.9. The van der Waals surface area contributed by atoms with Crippen LogP contribution in [0.3, 0.4) is 0 Å². The molecule has 0 atom stereocenters. The molecule has 0 fully saturated rings. The fourth-order valence-corrected chi connectivity index (χ4v) is 7.25. The Hall–Kier alpha value is -7.81. The van der Waals surface area contributed by atoms with Crippen molar-refractivity contribution in [3.05, 3.63) is 227 Å². The maximum atomic E-state index is 12.2. The van der Waals surface area contributed by atoms with Crippen molar-refractivity contribution < 1.29 is 24.5 Å². The van der Waals surface area contributed by atoms with Gasteiger partial charge in [-0.1, -0.05) is 107 Å². The lowest BCUT2D eigenvalue weighted by molar-refractivity contribution is 0.0685. The molecule has 19 nitrogen and oxygen atoms in total. The summed E-state index contributed by atoms with van der Waals surface area (Å²) in [6, 6.07) is 29.8. The number of aliphatic hydroxyl groups is 1. The van der Waals surface area contributed by atoms with E-state index in [2.05, 4.69) is 15.2 Å². The van der Waals surface area contributed by atoms with Gasteiger partial charge >= 0.3 is 17.3 Å². The maximum absolute atomic E-state index is 12.2. The molecule has 23 heteroatoms. The van der Waals surface area contributed by atoms with Crippen LogP contribution in [-0.4, -0.2) is 54.8 Å². The van der Waals surface area contributed by atoms with E-state index in [0.29, 0.717) is 23.5 Å². The van der Waals surface area contributed by atoms with E-state index in [4.69, 9.17) is 61.0 Å². The van der Waals surface area contributed by atoms with E-state index in [1.807, 2.05) is 65.6 Å². The average molecular weight is 989 g/mol. The van der Waals surface area contributed by atoms with Gasteiger partial charge in [0.05, 0.1) is 63.6 Å². The number of halogens is 4. The molecule has 0 aliphatic carbocycles. The number of aromatic amines is 2. The van der Waals surface area contributed by atoms with Crippen LogP contribution in [0.4, 0.5) is 0 Å². The molecule has 0 unspecified atom stereocenters. The molecule has 0 amide bonds. The van der Waals surface area contributed by atoms with Crippen molar-refractivity contribution in [1.29, 1.82) is 0 Å². The lowest BCUT2D eigenvalue weighted by Gasteiger charge is -2.14. The summed E-state index contributed by atoms with van der Waals surface area (Å²) in [6.07, 6.45) is 3.04. The summed E-state index contributed by atoms with van der Waals surface area (Å²) in [4.78, 5) is 87.1. The van der Waals surface area contributed by atoms with Gasteiger partial charge in [-0.3, -0.25) is 29.1 Å². The highest BCUT2D eigenvalue weighted by Gasteiger charge is 2.19. The zero-order valence-electron chi connectivity index (χ0n) is 33.9. The van der Waals surface area contributed by atoms with E-state index < -0.39 is 40.8 Å². The second-order valence-corrected chi connectivity index (χ2v) is 15.5. The van der Waals surface area contributed by atoms with Crippen LogP contribution in [0.15, 0.2) is 150 Å². The van der Waals surface area contributed by atoms with Crippen LogP contribution in [0.2, 0.25) is 20.1 Å². The summed E-state index contributed by atoms with van der Waals surface area (Å²) < 4.78 is 16.1. The van der Waals surface area contributed by atoms with Crippen LogP contribution in [0.25, 0.3) is 11.4 Å². The number of H-pyrrole nitrogens is 2. The Morgan fingerprint density at radius 1 is 0.567 bits per heavy atom. The van der Waals surface area contributed by atoms with Crippen molar-refractivity contribution in [2.75, 3.05) is 0 Å². The van der Waals surface area contributed by atoms with Crippen LogP contribution in [0.5, 0.6) is 23.0 Å². The molecule has 0 aliphatic heterocycles. The Morgan fingerprint density at radius 3 is 1.37 bits per heavy atom. The van der Waals surface area contributed by atoms with E-state index in [-0.39, 0.29) is 65.5 Å². The average Bonchev–Trinajstić information content (AvgIpc) is 3.29. The van der Waals surface area contributed by atoms with Crippen LogP contribution in [0.1, 0.15) is 27.3 Å². The van der Waals surface area contributed by atoms with Crippen molar-refractivity contribution in [2.24, 2.45) is 0 Å². The van der Waals surface area contributed by atoms with Crippen LogP contribution >= 0.6 is 46.4 Å². The molecule has 4 aromatic heterocycles. The molecule has 67 heavy (non-hydrogen) atoms. The number of aliphatic hydroxyl groups excluding tert-OH is 1. The number of aromatic nitrogens is 8. The minimum atomic E-state index is -1.61. The lowest BCUT2D eigenvalue weighted by atomic mass is 10.2. The number of hydrogen-bond donors (Lipinski definition) is 4. The summed E-state index contributed by atoms with van der Waals surface area (Å²) >= 11 is 25.3. The minimum absolute atomic E-state index is 0.000137.